The Morgan fingerprint density at radius 1 is 1.38 bits per heavy atom. The third kappa shape index (κ3) is 3.33. The molecule has 1 rings (SSSR count). The van der Waals surface area contributed by atoms with Crippen LogP contribution in [0, 0.1) is 0 Å². The van der Waals surface area contributed by atoms with E-state index in [0.29, 0.717) is 0 Å². The number of benzene rings is 1. The van der Waals surface area contributed by atoms with E-state index in [-0.39, 0.29) is 6.10 Å². The zero-order valence-electron chi connectivity index (χ0n) is 7.79. The van der Waals surface area contributed by atoms with E-state index in [2.05, 4.69) is 15.9 Å². The van der Waals surface area contributed by atoms with Crippen LogP contribution in [-0.2, 0) is 0 Å². The zero-order chi connectivity index (χ0) is 9.84. The lowest BCUT2D eigenvalue weighted by Crippen LogP contribution is -1.94. The van der Waals surface area contributed by atoms with Crippen LogP contribution in [0.3, 0.4) is 0 Å². The summed E-state index contributed by atoms with van der Waals surface area (Å²) in [6.45, 7) is 3.75. The maximum Gasteiger partial charge on any atom is 0.0698 e. The van der Waals surface area contributed by atoms with Gasteiger partial charge in [0, 0.05) is 4.47 Å². The van der Waals surface area contributed by atoms with Crippen LogP contribution in [0.1, 0.15) is 19.4 Å². The standard InChI is InChI=1S/C11H13BrO/c1-8(7-9(2)13)10-3-5-11(12)6-4-10/h3-7,9,13H,1-2H3/b8-7+. The minimum absolute atomic E-state index is 0.386. The molecule has 0 aliphatic carbocycles. The Kier molecular flexibility index (Phi) is 3.70. The van der Waals surface area contributed by atoms with Gasteiger partial charge in [-0.15, -0.1) is 0 Å². The van der Waals surface area contributed by atoms with Gasteiger partial charge in [0.15, 0.2) is 0 Å². The summed E-state index contributed by atoms with van der Waals surface area (Å²) in [5.41, 5.74) is 2.24. The van der Waals surface area contributed by atoms with Gasteiger partial charge in [-0.25, -0.2) is 0 Å². The second-order valence-electron chi connectivity index (χ2n) is 3.10. The molecule has 1 aromatic rings. The quantitative estimate of drug-likeness (QED) is 0.842. The number of hydrogen-bond acceptors (Lipinski definition) is 1. The first-order chi connectivity index (χ1) is 6.09. The Bertz CT molecular complexity index is 298. The van der Waals surface area contributed by atoms with Crippen LogP contribution in [0.4, 0.5) is 0 Å². The van der Waals surface area contributed by atoms with Gasteiger partial charge >= 0.3 is 0 Å². The van der Waals surface area contributed by atoms with Gasteiger partial charge in [0.05, 0.1) is 6.10 Å². The third-order valence-electron chi connectivity index (χ3n) is 1.79. The highest BCUT2D eigenvalue weighted by molar-refractivity contribution is 9.10. The van der Waals surface area contributed by atoms with Gasteiger partial charge in [-0.2, -0.15) is 0 Å². The van der Waals surface area contributed by atoms with Crippen molar-refractivity contribution in [2.45, 2.75) is 20.0 Å². The molecule has 0 bridgehead atoms. The molecule has 0 aromatic heterocycles. The molecule has 70 valence electrons. The number of allylic oxidation sites excluding steroid dienone is 1. The molecular formula is C11H13BrO. The first-order valence-electron chi connectivity index (χ1n) is 4.22. The smallest absolute Gasteiger partial charge is 0.0698 e. The highest BCUT2D eigenvalue weighted by Gasteiger charge is 1.96. The summed E-state index contributed by atoms with van der Waals surface area (Å²) in [5, 5.41) is 9.15. The molecule has 0 heterocycles. The van der Waals surface area contributed by atoms with Crippen LogP contribution in [0.15, 0.2) is 34.8 Å². The van der Waals surface area contributed by atoms with Gasteiger partial charge in [0.2, 0.25) is 0 Å². The minimum atomic E-state index is -0.386. The number of hydrogen-bond donors (Lipinski definition) is 1. The highest BCUT2D eigenvalue weighted by atomic mass is 79.9. The molecule has 0 radical (unpaired) electrons. The first kappa shape index (κ1) is 10.5. The Morgan fingerprint density at radius 2 is 1.92 bits per heavy atom. The largest absolute Gasteiger partial charge is 0.389 e. The molecule has 1 N–H and O–H groups in total. The van der Waals surface area contributed by atoms with E-state index in [4.69, 9.17) is 5.11 Å². The lowest BCUT2D eigenvalue weighted by Gasteiger charge is -2.03. The van der Waals surface area contributed by atoms with E-state index >= 15 is 0 Å². The zero-order valence-corrected chi connectivity index (χ0v) is 9.38. The average Bonchev–Trinajstić information content (AvgIpc) is 2.04. The Labute approximate surface area is 87.2 Å². The van der Waals surface area contributed by atoms with Crippen molar-refractivity contribution in [2.75, 3.05) is 0 Å². The molecule has 1 unspecified atom stereocenters. The van der Waals surface area contributed by atoms with Gasteiger partial charge in [-0.05, 0) is 37.1 Å². The normalized spacial score (nSPS) is 14.3. The molecule has 0 saturated carbocycles. The van der Waals surface area contributed by atoms with Crippen LogP contribution >= 0.6 is 15.9 Å². The molecule has 1 atom stereocenters. The number of halogens is 1. The maximum atomic E-state index is 9.15. The van der Waals surface area contributed by atoms with Crippen LogP contribution in [0.25, 0.3) is 5.57 Å². The third-order valence-corrected chi connectivity index (χ3v) is 2.32. The molecule has 0 aliphatic rings. The molecular weight excluding hydrogens is 228 g/mol. The van der Waals surface area contributed by atoms with Crippen molar-refractivity contribution in [1.29, 1.82) is 0 Å². The summed E-state index contributed by atoms with van der Waals surface area (Å²) in [6.07, 6.45) is 1.45. The Hall–Kier alpha value is -0.600. The van der Waals surface area contributed by atoms with Gasteiger partial charge in [0.1, 0.15) is 0 Å². The molecule has 0 saturated heterocycles. The number of aliphatic hydroxyl groups excluding tert-OH is 1. The van der Waals surface area contributed by atoms with Gasteiger partial charge < -0.3 is 5.11 Å². The summed E-state index contributed by atoms with van der Waals surface area (Å²) in [7, 11) is 0. The van der Waals surface area contributed by atoms with E-state index in [1.54, 1.807) is 6.92 Å². The second kappa shape index (κ2) is 4.58. The van der Waals surface area contributed by atoms with E-state index in [1.165, 1.54) is 0 Å². The molecule has 1 nitrogen and oxygen atoms in total. The monoisotopic (exact) mass is 240 g/mol. The molecule has 0 spiro atoms. The lowest BCUT2D eigenvalue weighted by molar-refractivity contribution is 0.244. The van der Waals surface area contributed by atoms with Gasteiger partial charge in [0.25, 0.3) is 0 Å². The van der Waals surface area contributed by atoms with Gasteiger partial charge in [-0.3, -0.25) is 0 Å². The summed E-state index contributed by atoms with van der Waals surface area (Å²) in [5.74, 6) is 0. The molecule has 0 fully saturated rings. The predicted octanol–water partition coefficient (Wildman–Crippen LogP) is 3.23. The van der Waals surface area contributed by atoms with Gasteiger partial charge in [-0.1, -0.05) is 34.1 Å². The summed E-state index contributed by atoms with van der Waals surface area (Å²) >= 11 is 3.38. The Morgan fingerprint density at radius 3 is 2.38 bits per heavy atom. The topological polar surface area (TPSA) is 20.2 Å². The van der Waals surface area contributed by atoms with Crippen molar-refractivity contribution in [3.63, 3.8) is 0 Å². The predicted molar refractivity (Wildman–Crippen MR) is 59.5 cm³/mol. The molecule has 13 heavy (non-hydrogen) atoms. The van der Waals surface area contributed by atoms with E-state index in [1.807, 2.05) is 37.3 Å². The number of rotatable bonds is 2. The minimum Gasteiger partial charge on any atom is -0.389 e. The van der Waals surface area contributed by atoms with Crippen molar-refractivity contribution in [3.05, 3.63) is 40.4 Å². The first-order valence-corrected chi connectivity index (χ1v) is 5.01. The van der Waals surface area contributed by atoms with Crippen LogP contribution in [0.5, 0.6) is 0 Å². The van der Waals surface area contributed by atoms with Crippen molar-refractivity contribution in [2.24, 2.45) is 0 Å². The van der Waals surface area contributed by atoms with E-state index in [9.17, 15) is 0 Å². The van der Waals surface area contributed by atoms with Crippen LogP contribution in [0.2, 0.25) is 0 Å². The SMILES string of the molecule is C/C(=C\C(C)O)c1ccc(Br)cc1. The van der Waals surface area contributed by atoms with E-state index in [0.717, 1.165) is 15.6 Å². The lowest BCUT2D eigenvalue weighted by atomic mass is 10.1. The van der Waals surface area contributed by atoms with Crippen LogP contribution in [-0.4, -0.2) is 11.2 Å². The summed E-state index contributed by atoms with van der Waals surface area (Å²) in [6, 6.07) is 8.04. The number of aliphatic hydroxyl groups is 1. The van der Waals surface area contributed by atoms with Crippen molar-refractivity contribution >= 4 is 21.5 Å². The fourth-order valence-electron chi connectivity index (χ4n) is 1.17. The fourth-order valence-corrected chi connectivity index (χ4v) is 1.44. The second-order valence-corrected chi connectivity index (χ2v) is 4.01. The highest BCUT2D eigenvalue weighted by Crippen LogP contribution is 2.17. The van der Waals surface area contributed by atoms with E-state index < -0.39 is 0 Å². The summed E-state index contributed by atoms with van der Waals surface area (Å²) in [4.78, 5) is 0. The molecule has 2 heteroatoms. The molecule has 1 aromatic carbocycles. The van der Waals surface area contributed by atoms with Crippen molar-refractivity contribution in [3.8, 4) is 0 Å². The fraction of sp³-hybridized carbons (Fsp3) is 0.273. The van der Waals surface area contributed by atoms with Crippen LogP contribution < -0.4 is 0 Å². The molecule has 0 amide bonds. The van der Waals surface area contributed by atoms with Crippen molar-refractivity contribution in [1.82, 2.24) is 0 Å². The average molecular weight is 241 g/mol. The maximum absolute atomic E-state index is 9.15. The Balaban J connectivity index is 2.89. The summed E-state index contributed by atoms with van der Waals surface area (Å²) < 4.78 is 1.07. The molecule has 0 aliphatic heterocycles. The van der Waals surface area contributed by atoms with Crippen molar-refractivity contribution < 1.29 is 5.11 Å².